The number of hydrogen-bond donors (Lipinski definition) is 1. The Kier molecular flexibility index (Phi) is 10.3. The van der Waals surface area contributed by atoms with E-state index < -0.39 is 28.5 Å². The predicted octanol–water partition coefficient (Wildman–Crippen LogP) is 5.59. The summed E-state index contributed by atoms with van der Waals surface area (Å²) in [6, 6.07) is 20.1. The second-order valence-corrected chi connectivity index (χ2v) is 12.6. The fourth-order valence-electron chi connectivity index (χ4n) is 4.05. The smallest absolute Gasteiger partial charge is 0.264 e. The number of nitrogens with one attached hydrogen (secondary N) is 1. The van der Waals surface area contributed by atoms with Gasteiger partial charge < -0.3 is 10.2 Å². The molecule has 0 aliphatic heterocycles. The summed E-state index contributed by atoms with van der Waals surface area (Å²) in [5.74, 6) is -0.778. The van der Waals surface area contributed by atoms with Crippen LogP contribution in [0, 0.1) is 13.8 Å². The second kappa shape index (κ2) is 13.3. The molecule has 0 aromatic heterocycles. The van der Waals surface area contributed by atoms with Gasteiger partial charge in [0.25, 0.3) is 10.0 Å². The maximum atomic E-state index is 14.0. The molecule has 0 bridgehead atoms. The van der Waals surface area contributed by atoms with E-state index in [2.05, 4.69) is 21.2 Å². The summed E-state index contributed by atoms with van der Waals surface area (Å²) in [7, 11) is -4.10. The van der Waals surface area contributed by atoms with Crippen LogP contribution in [-0.2, 0) is 26.2 Å². The maximum Gasteiger partial charge on any atom is 0.264 e. The number of amides is 2. The summed E-state index contributed by atoms with van der Waals surface area (Å²) < 4.78 is 29.5. The molecule has 7 nitrogen and oxygen atoms in total. The molecule has 0 aliphatic carbocycles. The van der Waals surface area contributed by atoms with Crippen LogP contribution in [0.5, 0.6) is 0 Å². The fourth-order valence-corrected chi connectivity index (χ4v) is 5.85. The standard InChI is InChI=1S/C30H36BrN3O4S/c1-6-23(4)32-30(36)24(5)33(19-25-10-7-9-22(3)17-25)29(35)20-34(27-12-8-11-26(31)18-27)39(37,38)28-15-13-21(2)14-16-28/h7-18,23-24H,6,19-20H2,1-5H3,(H,32,36). The van der Waals surface area contributed by atoms with Gasteiger partial charge >= 0.3 is 0 Å². The number of anilines is 1. The van der Waals surface area contributed by atoms with Gasteiger partial charge in [0.05, 0.1) is 10.6 Å². The lowest BCUT2D eigenvalue weighted by Crippen LogP contribution is -2.52. The van der Waals surface area contributed by atoms with Crippen molar-refractivity contribution in [3.05, 3.63) is 94.0 Å². The van der Waals surface area contributed by atoms with E-state index in [1.165, 1.54) is 17.0 Å². The van der Waals surface area contributed by atoms with Crippen LogP contribution in [-0.4, -0.2) is 43.8 Å². The minimum atomic E-state index is -4.10. The van der Waals surface area contributed by atoms with E-state index in [9.17, 15) is 18.0 Å². The monoisotopic (exact) mass is 613 g/mol. The van der Waals surface area contributed by atoms with Crippen LogP contribution in [0.2, 0.25) is 0 Å². The van der Waals surface area contributed by atoms with Gasteiger partial charge in [-0.2, -0.15) is 0 Å². The number of aryl methyl sites for hydroxylation is 2. The lowest BCUT2D eigenvalue weighted by atomic mass is 10.1. The van der Waals surface area contributed by atoms with Gasteiger partial charge in [0.2, 0.25) is 11.8 Å². The van der Waals surface area contributed by atoms with Crippen molar-refractivity contribution >= 4 is 43.5 Å². The molecule has 0 saturated carbocycles. The first-order valence-electron chi connectivity index (χ1n) is 12.9. The Morgan fingerprint density at radius 3 is 2.21 bits per heavy atom. The largest absolute Gasteiger partial charge is 0.352 e. The van der Waals surface area contributed by atoms with Crippen molar-refractivity contribution in [3.8, 4) is 0 Å². The number of sulfonamides is 1. The Morgan fingerprint density at radius 2 is 1.59 bits per heavy atom. The van der Waals surface area contributed by atoms with Crippen molar-refractivity contribution in [1.82, 2.24) is 10.2 Å². The average Bonchev–Trinajstić information content (AvgIpc) is 2.89. The Bertz CT molecular complexity index is 1410. The number of carbonyl (C=O) groups excluding carboxylic acids is 2. The lowest BCUT2D eigenvalue weighted by Gasteiger charge is -2.32. The van der Waals surface area contributed by atoms with Crippen molar-refractivity contribution in [2.75, 3.05) is 10.8 Å². The van der Waals surface area contributed by atoms with Crippen molar-refractivity contribution in [1.29, 1.82) is 0 Å². The second-order valence-electron chi connectivity index (χ2n) is 9.81. The van der Waals surface area contributed by atoms with Crippen LogP contribution in [0.4, 0.5) is 5.69 Å². The lowest BCUT2D eigenvalue weighted by molar-refractivity contribution is -0.139. The molecule has 2 atom stereocenters. The summed E-state index contributed by atoms with van der Waals surface area (Å²) in [4.78, 5) is 28.6. The van der Waals surface area contributed by atoms with Gasteiger partial charge in [0.15, 0.2) is 0 Å². The van der Waals surface area contributed by atoms with E-state index in [1.54, 1.807) is 43.3 Å². The molecule has 3 aromatic rings. The average molecular weight is 615 g/mol. The third kappa shape index (κ3) is 7.92. The summed E-state index contributed by atoms with van der Waals surface area (Å²) in [6.07, 6.45) is 0.746. The molecule has 0 heterocycles. The van der Waals surface area contributed by atoms with Crippen molar-refractivity contribution in [3.63, 3.8) is 0 Å². The number of halogens is 1. The number of nitrogens with zero attached hydrogens (tertiary/aromatic N) is 2. The SMILES string of the molecule is CCC(C)NC(=O)C(C)N(Cc1cccc(C)c1)C(=O)CN(c1cccc(Br)c1)S(=O)(=O)c1ccc(C)cc1. The van der Waals surface area contributed by atoms with Gasteiger partial charge in [0, 0.05) is 17.1 Å². The number of rotatable bonds is 11. The van der Waals surface area contributed by atoms with Gasteiger partial charge in [-0.05, 0) is 70.0 Å². The Hall–Kier alpha value is -3.17. The van der Waals surface area contributed by atoms with Crippen molar-refractivity contribution in [2.45, 2.75) is 64.6 Å². The maximum absolute atomic E-state index is 14.0. The molecule has 3 aromatic carbocycles. The van der Waals surface area contributed by atoms with Gasteiger partial charge in [-0.3, -0.25) is 13.9 Å². The van der Waals surface area contributed by atoms with Gasteiger partial charge in [-0.1, -0.05) is 76.4 Å². The molecule has 208 valence electrons. The molecule has 3 rings (SSSR count). The van der Waals surface area contributed by atoms with Gasteiger partial charge in [-0.15, -0.1) is 0 Å². The van der Waals surface area contributed by atoms with E-state index in [1.807, 2.05) is 52.0 Å². The molecule has 0 aliphatic rings. The highest BCUT2D eigenvalue weighted by molar-refractivity contribution is 9.10. The summed E-state index contributed by atoms with van der Waals surface area (Å²) in [5.41, 5.74) is 3.13. The highest BCUT2D eigenvalue weighted by Crippen LogP contribution is 2.27. The third-order valence-corrected chi connectivity index (χ3v) is 8.87. The molecular weight excluding hydrogens is 578 g/mol. The van der Waals surface area contributed by atoms with Crippen LogP contribution in [0.3, 0.4) is 0 Å². The van der Waals surface area contributed by atoms with Gasteiger partial charge in [-0.25, -0.2) is 8.42 Å². The molecule has 0 fully saturated rings. The van der Waals surface area contributed by atoms with Crippen LogP contribution >= 0.6 is 15.9 Å². The zero-order chi connectivity index (χ0) is 28.7. The van der Waals surface area contributed by atoms with Crippen molar-refractivity contribution < 1.29 is 18.0 Å². The normalized spacial score (nSPS) is 12.9. The molecule has 0 radical (unpaired) electrons. The van der Waals surface area contributed by atoms with E-state index in [4.69, 9.17) is 0 Å². The number of hydrogen-bond acceptors (Lipinski definition) is 4. The first kappa shape index (κ1) is 30.4. The van der Waals surface area contributed by atoms with E-state index in [0.717, 1.165) is 27.4 Å². The Morgan fingerprint density at radius 1 is 0.923 bits per heavy atom. The zero-order valence-corrected chi connectivity index (χ0v) is 25.4. The highest BCUT2D eigenvalue weighted by Gasteiger charge is 2.32. The predicted molar refractivity (Wildman–Crippen MR) is 159 cm³/mol. The topological polar surface area (TPSA) is 86.8 Å². The van der Waals surface area contributed by atoms with Crippen molar-refractivity contribution in [2.24, 2.45) is 0 Å². The molecule has 1 N–H and O–H groups in total. The highest BCUT2D eigenvalue weighted by atomic mass is 79.9. The minimum absolute atomic E-state index is 0.0593. The molecular formula is C30H36BrN3O4S. The minimum Gasteiger partial charge on any atom is -0.352 e. The fraction of sp³-hybridized carbons (Fsp3) is 0.333. The van der Waals surface area contributed by atoms with Crippen LogP contribution in [0.25, 0.3) is 0 Å². The molecule has 2 amide bonds. The summed E-state index contributed by atoms with van der Waals surface area (Å²) in [6.45, 7) is 9.06. The van der Waals surface area contributed by atoms with Crippen LogP contribution < -0.4 is 9.62 Å². The molecule has 0 spiro atoms. The first-order valence-corrected chi connectivity index (χ1v) is 15.2. The number of benzene rings is 3. The molecule has 39 heavy (non-hydrogen) atoms. The van der Waals surface area contributed by atoms with Crippen LogP contribution in [0.15, 0.2) is 82.2 Å². The van der Waals surface area contributed by atoms with E-state index >= 15 is 0 Å². The summed E-state index contributed by atoms with van der Waals surface area (Å²) in [5, 5.41) is 2.94. The first-order chi connectivity index (χ1) is 18.4. The molecule has 2 unspecified atom stereocenters. The third-order valence-electron chi connectivity index (χ3n) is 6.59. The number of carbonyl (C=O) groups is 2. The molecule has 0 saturated heterocycles. The van der Waals surface area contributed by atoms with Crippen LogP contribution in [0.1, 0.15) is 43.9 Å². The zero-order valence-electron chi connectivity index (χ0n) is 23.0. The van der Waals surface area contributed by atoms with E-state index in [0.29, 0.717) is 10.2 Å². The Balaban J connectivity index is 2.03. The quantitative estimate of drug-likeness (QED) is 0.305. The summed E-state index contributed by atoms with van der Waals surface area (Å²) >= 11 is 3.41. The van der Waals surface area contributed by atoms with Gasteiger partial charge in [0.1, 0.15) is 12.6 Å². The molecule has 9 heteroatoms. The van der Waals surface area contributed by atoms with E-state index in [-0.39, 0.29) is 23.4 Å². The Labute approximate surface area is 240 Å².